The first kappa shape index (κ1) is 29.8. The number of hydrogen-bond acceptors (Lipinski definition) is 5. The molecule has 3 N–H and O–H groups in total. The second kappa shape index (κ2) is 12.1. The molecule has 3 amide bonds. The molecule has 10 nitrogen and oxygen atoms in total. The molecular weight excluding hydrogens is 539 g/mol. The summed E-state index contributed by atoms with van der Waals surface area (Å²) in [7, 11) is 1.46. The van der Waals surface area contributed by atoms with E-state index in [2.05, 4.69) is 26.0 Å². The Balaban J connectivity index is 1.41. The molecule has 0 saturated heterocycles. The van der Waals surface area contributed by atoms with E-state index in [9.17, 15) is 27.6 Å². The number of aromatic nitrogens is 4. The lowest BCUT2D eigenvalue weighted by Gasteiger charge is -2.29. The highest BCUT2D eigenvalue weighted by atomic mass is 19.4. The summed E-state index contributed by atoms with van der Waals surface area (Å²) < 4.78 is 43.2. The lowest BCUT2D eigenvalue weighted by atomic mass is 9.90. The SMILES string of the molecule is CCC(=O)NC1CCC(NC(=O)c2ccc(NC(=O)c3ncc(-c4cn(CC)nc4C(F)(F)F)n3C)cc2C)CC1. The van der Waals surface area contributed by atoms with Gasteiger partial charge in [-0.05, 0) is 63.3 Å². The van der Waals surface area contributed by atoms with Gasteiger partial charge in [-0.15, -0.1) is 0 Å². The van der Waals surface area contributed by atoms with Crippen molar-refractivity contribution in [2.45, 2.75) is 77.7 Å². The first-order valence-electron chi connectivity index (χ1n) is 13.6. The number of rotatable bonds is 8. The standard InChI is InChI=1S/C28H34F3N7O3/c1-5-23(39)33-17-7-9-18(10-8-17)34-26(40)20-12-11-19(13-16(20)3)35-27(41)25-32-14-22(37(25)4)21-15-38(6-2)36-24(21)28(29,30)31/h11-15,17-18H,5-10H2,1-4H3,(H,33,39)(H,34,40)(H,35,41). The number of carbonyl (C=O) groups is 3. The van der Waals surface area contributed by atoms with Crippen LogP contribution >= 0.6 is 0 Å². The van der Waals surface area contributed by atoms with Gasteiger partial charge >= 0.3 is 6.18 Å². The zero-order chi connectivity index (χ0) is 29.9. The van der Waals surface area contributed by atoms with Gasteiger partial charge in [0.1, 0.15) is 0 Å². The van der Waals surface area contributed by atoms with Crippen LogP contribution in [-0.2, 0) is 24.6 Å². The first-order valence-corrected chi connectivity index (χ1v) is 13.6. The van der Waals surface area contributed by atoms with Crippen LogP contribution in [0.2, 0.25) is 0 Å². The van der Waals surface area contributed by atoms with Crippen molar-refractivity contribution in [3.63, 3.8) is 0 Å². The maximum Gasteiger partial charge on any atom is 0.435 e. The van der Waals surface area contributed by atoms with Gasteiger partial charge < -0.3 is 20.5 Å². The molecular formula is C28H34F3N7O3. The monoisotopic (exact) mass is 573 g/mol. The van der Waals surface area contributed by atoms with Crippen LogP contribution in [0.5, 0.6) is 0 Å². The predicted octanol–water partition coefficient (Wildman–Crippen LogP) is 4.45. The van der Waals surface area contributed by atoms with E-state index in [1.165, 1.54) is 28.7 Å². The molecule has 0 spiro atoms. The zero-order valence-electron chi connectivity index (χ0n) is 23.4. The van der Waals surface area contributed by atoms with Gasteiger partial charge in [0, 0.05) is 49.5 Å². The van der Waals surface area contributed by atoms with Crippen molar-refractivity contribution in [2.24, 2.45) is 7.05 Å². The topological polar surface area (TPSA) is 123 Å². The van der Waals surface area contributed by atoms with Gasteiger partial charge in [-0.25, -0.2) is 4.98 Å². The van der Waals surface area contributed by atoms with Crippen LogP contribution in [0.25, 0.3) is 11.3 Å². The fourth-order valence-electron chi connectivity index (χ4n) is 5.01. The van der Waals surface area contributed by atoms with E-state index < -0.39 is 17.8 Å². The number of carbonyl (C=O) groups excluding carboxylic acids is 3. The fraction of sp³-hybridized carbons (Fsp3) is 0.464. The molecule has 1 fully saturated rings. The molecule has 0 aliphatic heterocycles. The summed E-state index contributed by atoms with van der Waals surface area (Å²) in [5, 5.41) is 12.4. The Kier molecular flexibility index (Phi) is 8.83. The molecule has 1 aromatic carbocycles. The van der Waals surface area contributed by atoms with E-state index >= 15 is 0 Å². The zero-order valence-corrected chi connectivity index (χ0v) is 23.4. The smallest absolute Gasteiger partial charge is 0.353 e. The summed E-state index contributed by atoms with van der Waals surface area (Å²) in [5.74, 6) is -0.882. The molecule has 13 heteroatoms. The number of nitrogens with zero attached hydrogens (tertiary/aromatic N) is 4. The minimum atomic E-state index is -4.67. The van der Waals surface area contributed by atoms with Crippen LogP contribution in [0.3, 0.4) is 0 Å². The predicted molar refractivity (Wildman–Crippen MR) is 146 cm³/mol. The first-order chi connectivity index (χ1) is 19.4. The van der Waals surface area contributed by atoms with Crippen LogP contribution < -0.4 is 16.0 Å². The Morgan fingerprint density at radius 3 is 2.27 bits per heavy atom. The molecule has 0 unspecified atom stereocenters. The van der Waals surface area contributed by atoms with E-state index in [1.54, 1.807) is 32.0 Å². The number of anilines is 1. The number of amides is 3. The number of imidazole rings is 1. The molecule has 0 atom stereocenters. The molecule has 1 aliphatic rings. The van der Waals surface area contributed by atoms with Crippen molar-refractivity contribution in [1.29, 1.82) is 0 Å². The van der Waals surface area contributed by atoms with Gasteiger partial charge in [0.25, 0.3) is 11.8 Å². The Morgan fingerprint density at radius 2 is 1.68 bits per heavy atom. The van der Waals surface area contributed by atoms with Gasteiger partial charge in [-0.3, -0.25) is 19.1 Å². The van der Waals surface area contributed by atoms with Gasteiger partial charge in [-0.2, -0.15) is 18.3 Å². The van der Waals surface area contributed by atoms with Crippen molar-refractivity contribution in [3.8, 4) is 11.3 Å². The van der Waals surface area contributed by atoms with Gasteiger partial charge in [0.2, 0.25) is 5.91 Å². The van der Waals surface area contributed by atoms with Gasteiger partial charge in [0.05, 0.1) is 17.5 Å². The second-order valence-corrected chi connectivity index (χ2v) is 10.2. The summed E-state index contributed by atoms with van der Waals surface area (Å²) in [4.78, 5) is 41.6. The highest BCUT2D eigenvalue weighted by molar-refractivity contribution is 6.03. The lowest BCUT2D eigenvalue weighted by molar-refractivity contribution is -0.141. The van der Waals surface area contributed by atoms with Crippen molar-refractivity contribution in [1.82, 2.24) is 30.0 Å². The average molecular weight is 574 g/mol. The number of nitrogens with one attached hydrogen (secondary N) is 3. The van der Waals surface area contributed by atoms with Crippen molar-refractivity contribution in [2.75, 3.05) is 5.32 Å². The Bertz CT molecular complexity index is 1440. The van der Waals surface area contributed by atoms with E-state index in [0.29, 0.717) is 23.2 Å². The summed E-state index contributed by atoms with van der Waals surface area (Å²) in [6.07, 6.45) is 1.41. The summed E-state index contributed by atoms with van der Waals surface area (Å²) >= 11 is 0. The molecule has 0 radical (unpaired) electrons. The molecule has 220 valence electrons. The van der Waals surface area contributed by atoms with Crippen molar-refractivity contribution < 1.29 is 27.6 Å². The summed E-state index contributed by atoms with van der Waals surface area (Å²) in [6.45, 7) is 5.50. The average Bonchev–Trinajstić information content (AvgIpc) is 3.53. The maximum absolute atomic E-state index is 13.6. The Labute approximate surface area is 235 Å². The lowest BCUT2D eigenvalue weighted by Crippen LogP contribution is -2.43. The number of alkyl halides is 3. The van der Waals surface area contributed by atoms with E-state index in [1.807, 2.05) is 6.92 Å². The number of benzene rings is 1. The van der Waals surface area contributed by atoms with Crippen LogP contribution in [0.15, 0.2) is 30.6 Å². The fourth-order valence-corrected chi connectivity index (χ4v) is 5.01. The third-order valence-corrected chi connectivity index (χ3v) is 7.30. The highest BCUT2D eigenvalue weighted by Crippen LogP contribution is 2.36. The number of halogens is 3. The maximum atomic E-state index is 13.6. The van der Waals surface area contributed by atoms with Crippen molar-refractivity contribution >= 4 is 23.4 Å². The Morgan fingerprint density at radius 1 is 1.02 bits per heavy atom. The van der Waals surface area contributed by atoms with Crippen LogP contribution in [0.4, 0.5) is 18.9 Å². The molecule has 3 aromatic rings. The third kappa shape index (κ3) is 6.77. The number of hydrogen-bond donors (Lipinski definition) is 3. The van der Waals surface area contributed by atoms with Gasteiger partial charge in [-0.1, -0.05) is 6.92 Å². The van der Waals surface area contributed by atoms with Crippen LogP contribution in [0.1, 0.15) is 78.2 Å². The third-order valence-electron chi connectivity index (χ3n) is 7.30. The summed E-state index contributed by atoms with van der Waals surface area (Å²) in [5.41, 5.74) is 0.416. The molecule has 0 bridgehead atoms. The Hall–Kier alpha value is -4.16. The van der Waals surface area contributed by atoms with Gasteiger partial charge in [0.15, 0.2) is 11.5 Å². The second-order valence-electron chi connectivity index (χ2n) is 10.2. The van der Waals surface area contributed by atoms with Crippen LogP contribution in [0, 0.1) is 6.92 Å². The molecule has 1 aliphatic carbocycles. The molecule has 2 aromatic heterocycles. The molecule has 41 heavy (non-hydrogen) atoms. The largest absolute Gasteiger partial charge is 0.435 e. The van der Waals surface area contributed by atoms with Crippen molar-refractivity contribution in [3.05, 3.63) is 53.2 Å². The van der Waals surface area contributed by atoms with E-state index in [4.69, 9.17) is 0 Å². The number of aryl methyl sites for hydroxylation is 2. The normalized spacial score (nSPS) is 17.2. The highest BCUT2D eigenvalue weighted by Gasteiger charge is 2.38. The summed E-state index contributed by atoms with van der Waals surface area (Å²) in [6, 6.07) is 5.01. The van der Waals surface area contributed by atoms with E-state index in [0.717, 1.165) is 25.7 Å². The molecule has 1 saturated carbocycles. The molecule has 4 rings (SSSR count). The quantitative estimate of drug-likeness (QED) is 0.368. The minimum Gasteiger partial charge on any atom is -0.353 e. The van der Waals surface area contributed by atoms with Crippen LogP contribution in [-0.4, -0.2) is 49.1 Å². The molecule has 2 heterocycles. The van der Waals surface area contributed by atoms with E-state index in [-0.39, 0.29) is 47.5 Å². The minimum absolute atomic E-state index is 0.0102.